The van der Waals surface area contributed by atoms with Gasteiger partial charge in [0.15, 0.2) is 5.76 Å². The van der Waals surface area contributed by atoms with Crippen LogP contribution >= 0.6 is 15.9 Å². The molecule has 1 heterocycles. The number of benzene rings is 1. The number of ether oxygens (including phenoxy) is 1. The molecule has 0 aliphatic carbocycles. The number of rotatable bonds is 2. The highest BCUT2D eigenvalue weighted by Gasteiger charge is 2.19. The van der Waals surface area contributed by atoms with E-state index in [1.54, 1.807) is 6.07 Å². The van der Waals surface area contributed by atoms with Crippen molar-refractivity contribution in [3.05, 3.63) is 28.6 Å². The largest absolute Gasteiger partial charge is 0.496 e. The Bertz CT molecular complexity index is 528. The summed E-state index contributed by atoms with van der Waals surface area (Å²) in [7, 11) is 1.44. The maximum absolute atomic E-state index is 13.8. The van der Waals surface area contributed by atoms with Crippen LogP contribution in [-0.4, -0.2) is 12.3 Å². The lowest BCUT2D eigenvalue weighted by Gasteiger charge is -2.08. The Hall–Kier alpha value is -1.56. The Balaban J connectivity index is 2.69. The van der Waals surface area contributed by atoms with Crippen LogP contribution in [0.3, 0.4) is 0 Å². The van der Waals surface area contributed by atoms with Crippen LogP contribution in [0.5, 0.6) is 5.75 Å². The van der Waals surface area contributed by atoms with Gasteiger partial charge in [-0.25, -0.2) is 4.39 Å². The Morgan fingerprint density at radius 3 is 2.81 bits per heavy atom. The number of hydrogen-bond acceptors (Lipinski definition) is 4. The van der Waals surface area contributed by atoms with E-state index in [4.69, 9.17) is 15.0 Å². The lowest BCUT2D eigenvalue weighted by molar-refractivity contribution is 0.401. The molecule has 1 aromatic carbocycles. The topological polar surface area (TPSA) is 61.3 Å². The van der Waals surface area contributed by atoms with Gasteiger partial charge >= 0.3 is 0 Å². The molecule has 0 aliphatic heterocycles. The summed E-state index contributed by atoms with van der Waals surface area (Å²) >= 11 is 3.17. The van der Waals surface area contributed by atoms with E-state index in [1.807, 2.05) is 0 Å². The number of aromatic nitrogens is 1. The van der Waals surface area contributed by atoms with Crippen molar-refractivity contribution >= 4 is 21.6 Å². The zero-order valence-corrected chi connectivity index (χ0v) is 9.92. The van der Waals surface area contributed by atoms with E-state index < -0.39 is 5.82 Å². The van der Waals surface area contributed by atoms with E-state index in [9.17, 15) is 4.39 Å². The molecule has 0 fully saturated rings. The first-order valence-electron chi connectivity index (χ1n) is 4.37. The molecule has 0 saturated carbocycles. The molecule has 0 spiro atoms. The van der Waals surface area contributed by atoms with Crippen LogP contribution in [0.2, 0.25) is 0 Å². The maximum atomic E-state index is 13.8. The minimum absolute atomic E-state index is 0.167. The van der Waals surface area contributed by atoms with Crippen LogP contribution in [-0.2, 0) is 0 Å². The molecule has 84 valence electrons. The Labute approximate surface area is 99.3 Å². The Kier molecular flexibility index (Phi) is 2.82. The second kappa shape index (κ2) is 4.13. The van der Waals surface area contributed by atoms with Crippen LogP contribution < -0.4 is 10.5 Å². The van der Waals surface area contributed by atoms with Crippen molar-refractivity contribution in [1.82, 2.24) is 5.16 Å². The summed E-state index contributed by atoms with van der Waals surface area (Å²) in [4.78, 5) is 0. The molecule has 0 saturated heterocycles. The molecule has 2 aromatic rings. The highest BCUT2D eigenvalue weighted by atomic mass is 79.9. The van der Waals surface area contributed by atoms with E-state index in [1.165, 1.54) is 19.4 Å². The second-order valence-corrected chi connectivity index (χ2v) is 3.99. The SMILES string of the molecule is COc1cc(Br)cc(F)c1-c1oncc1N. The zero-order valence-electron chi connectivity index (χ0n) is 8.33. The minimum atomic E-state index is -0.491. The number of halogens is 2. The van der Waals surface area contributed by atoms with Gasteiger partial charge in [-0.1, -0.05) is 21.1 Å². The van der Waals surface area contributed by atoms with Gasteiger partial charge in [0.25, 0.3) is 0 Å². The second-order valence-electron chi connectivity index (χ2n) is 3.08. The monoisotopic (exact) mass is 286 g/mol. The average Bonchev–Trinajstić information content (AvgIpc) is 2.63. The van der Waals surface area contributed by atoms with Crippen molar-refractivity contribution in [2.45, 2.75) is 0 Å². The van der Waals surface area contributed by atoms with Crippen molar-refractivity contribution in [3.63, 3.8) is 0 Å². The van der Waals surface area contributed by atoms with Gasteiger partial charge in [0.1, 0.15) is 17.3 Å². The molecule has 0 bridgehead atoms. The molecule has 0 unspecified atom stereocenters. The fourth-order valence-electron chi connectivity index (χ4n) is 1.37. The Morgan fingerprint density at radius 1 is 1.50 bits per heavy atom. The summed E-state index contributed by atoms with van der Waals surface area (Å²) < 4.78 is 24.3. The smallest absolute Gasteiger partial charge is 0.196 e. The van der Waals surface area contributed by atoms with Crippen molar-refractivity contribution in [1.29, 1.82) is 0 Å². The number of anilines is 1. The van der Waals surface area contributed by atoms with E-state index in [0.29, 0.717) is 10.2 Å². The highest BCUT2D eigenvalue weighted by Crippen LogP contribution is 2.37. The summed E-state index contributed by atoms with van der Waals surface area (Å²) in [5.41, 5.74) is 6.04. The molecule has 0 radical (unpaired) electrons. The highest BCUT2D eigenvalue weighted by molar-refractivity contribution is 9.10. The van der Waals surface area contributed by atoms with Crippen LogP contribution in [0.1, 0.15) is 0 Å². The van der Waals surface area contributed by atoms with Gasteiger partial charge in [-0.2, -0.15) is 0 Å². The number of methoxy groups -OCH3 is 1. The molecule has 0 aliphatic rings. The summed E-state index contributed by atoms with van der Waals surface area (Å²) in [5.74, 6) is 0.00634. The molecular formula is C10H8BrFN2O2. The number of nitrogens with zero attached hydrogens (tertiary/aromatic N) is 1. The van der Waals surface area contributed by atoms with E-state index in [-0.39, 0.29) is 17.0 Å². The standard InChI is InChI=1S/C10H8BrFN2O2/c1-15-8-3-5(11)2-6(12)9(8)10-7(13)4-14-16-10/h2-4H,13H2,1H3. The Morgan fingerprint density at radius 2 is 2.25 bits per heavy atom. The molecule has 2 N–H and O–H groups in total. The fourth-order valence-corrected chi connectivity index (χ4v) is 1.78. The quantitative estimate of drug-likeness (QED) is 0.922. The predicted octanol–water partition coefficient (Wildman–Crippen LogP) is 2.83. The van der Waals surface area contributed by atoms with Crippen molar-refractivity contribution < 1.29 is 13.7 Å². The molecule has 4 nitrogen and oxygen atoms in total. The van der Waals surface area contributed by atoms with Crippen LogP contribution in [0.25, 0.3) is 11.3 Å². The van der Waals surface area contributed by atoms with Gasteiger partial charge in [0, 0.05) is 4.47 Å². The molecule has 0 atom stereocenters. The average molecular weight is 287 g/mol. The molecule has 2 rings (SSSR count). The van der Waals surface area contributed by atoms with Gasteiger partial charge in [0.05, 0.1) is 18.9 Å². The number of nitrogen functional groups attached to an aromatic ring is 1. The maximum Gasteiger partial charge on any atom is 0.196 e. The molecule has 6 heteroatoms. The van der Waals surface area contributed by atoms with Gasteiger partial charge in [-0.3, -0.25) is 0 Å². The van der Waals surface area contributed by atoms with Gasteiger partial charge < -0.3 is 15.0 Å². The third-order valence-corrected chi connectivity index (χ3v) is 2.52. The third-order valence-electron chi connectivity index (χ3n) is 2.06. The summed E-state index contributed by atoms with van der Waals surface area (Å²) in [6.45, 7) is 0. The van der Waals surface area contributed by atoms with Gasteiger partial charge in [-0.15, -0.1) is 0 Å². The van der Waals surface area contributed by atoms with Crippen LogP contribution in [0, 0.1) is 5.82 Å². The van der Waals surface area contributed by atoms with Crippen molar-refractivity contribution in [2.75, 3.05) is 12.8 Å². The molecule has 1 aromatic heterocycles. The van der Waals surface area contributed by atoms with E-state index >= 15 is 0 Å². The van der Waals surface area contributed by atoms with Crippen molar-refractivity contribution in [2.24, 2.45) is 0 Å². The van der Waals surface area contributed by atoms with Gasteiger partial charge in [0.2, 0.25) is 0 Å². The first-order valence-corrected chi connectivity index (χ1v) is 5.16. The summed E-state index contributed by atoms with van der Waals surface area (Å²) in [6, 6.07) is 2.93. The van der Waals surface area contributed by atoms with Crippen LogP contribution in [0.15, 0.2) is 27.3 Å². The summed E-state index contributed by atoms with van der Waals surface area (Å²) in [6.07, 6.45) is 1.32. The van der Waals surface area contributed by atoms with Crippen LogP contribution in [0.4, 0.5) is 10.1 Å². The summed E-state index contributed by atoms with van der Waals surface area (Å²) in [5, 5.41) is 3.50. The lowest BCUT2D eigenvalue weighted by atomic mass is 10.1. The molecule has 0 amide bonds. The number of hydrogen-bond donors (Lipinski definition) is 1. The molecule has 16 heavy (non-hydrogen) atoms. The first kappa shape index (κ1) is 10.9. The number of nitrogens with two attached hydrogens (primary N) is 1. The minimum Gasteiger partial charge on any atom is -0.496 e. The van der Waals surface area contributed by atoms with Gasteiger partial charge in [-0.05, 0) is 12.1 Å². The van der Waals surface area contributed by atoms with E-state index in [2.05, 4.69) is 21.1 Å². The normalized spacial score (nSPS) is 10.4. The zero-order chi connectivity index (χ0) is 11.7. The fraction of sp³-hybridized carbons (Fsp3) is 0.100. The lowest BCUT2D eigenvalue weighted by Crippen LogP contribution is -1.94. The van der Waals surface area contributed by atoms with E-state index in [0.717, 1.165) is 0 Å². The predicted molar refractivity (Wildman–Crippen MR) is 60.6 cm³/mol. The molecular weight excluding hydrogens is 279 g/mol. The first-order chi connectivity index (χ1) is 7.63. The van der Waals surface area contributed by atoms with Crippen molar-refractivity contribution in [3.8, 4) is 17.1 Å². The third kappa shape index (κ3) is 1.76.